The van der Waals surface area contributed by atoms with Gasteiger partial charge in [-0.25, -0.2) is 4.39 Å². The number of ether oxygens (including phenoxy) is 1. The van der Waals surface area contributed by atoms with Crippen molar-refractivity contribution in [1.82, 2.24) is 0 Å². The zero-order chi connectivity index (χ0) is 9.84. The van der Waals surface area contributed by atoms with Gasteiger partial charge in [0, 0.05) is 5.56 Å². The third-order valence-corrected chi connectivity index (χ3v) is 1.99. The van der Waals surface area contributed by atoms with Gasteiger partial charge in [0.2, 0.25) is 0 Å². The monoisotopic (exact) mass is 182 g/mol. The number of hydrogen-bond acceptors (Lipinski definition) is 1. The Hall–Kier alpha value is -1.05. The van der Waals surface area contributed by atoms with E-state index < -0.39 is 0 Å². The minimum absolute atomic E-state index is 0.159. The third kappa shape index (κ3) is 2.20. The van der Waals surface area contributed by atoms with Gasteiger partial charge in [-0.15, -0.1) is 0 Å². The van der Waals surface area contributed by atoms with E-state index >= 15 is 0 Å². The maximum atomic E-state index is 13.3. The Morgan fingerprint density at radius 1 is 1.31 bits per heavy atom. The van der Waals surface area contributed by atoms with Crippen molar-refractivity contribution < 1.29 is 9.13 Å². The molecule has 0 radical (unpaired) electrons. The van der Waals surface area contributed by atoms with Crippen LogP contribution in [0.5, 0.6) is 5.75 Å². The normalized spacial score (nSPS) is 10.2. The van der Waals surface area contributed by atoms with Crippen LogP contribution in [0, 0.1) is 19.7 Å². The fourth-order valence-electron chi connectivity index (χ4n) is 1.17. The fourth-order valence-corrected chi connectivity index (χ4v) is 1.17. The maximum Gasteiger partial charge on any atom is 0.132 e. The molecule has 0 saturated carbocycles. The molecule has 0 heterocycles. The predicted octanol–water partition coefficient (Wildman–Crippen LogP) is 3.23. The second kappa shape index (κ2) is 4.26. The summed E-state index contributed by atoms with van der Waals surface area (Å²) in [4.78, 5) is 0. The van der Waals surface area contributed by atoms with E-state index in [0.29, 0.717) is 23.5 Å². The zero-order valence-electron chi connectivity index (χ0n) is 8.36. The smallest absolute Gasteiger partial charge is 0.132 e. The Labute approximate surface area is 78.5 Å². The summed E-state index contributed by atoms with van der Waals surface area (Å²) in [7, 11) is 0. The quantitative estimate of drug-likeness (QED) is 0.697. The van der Waals surface area contributed by atoms with Crippen molar-refractivity contribution in [2.75, 3.05) is 6.61 Å². The summed E-state index contributed by atoms with van der Waals surface area (Å²) >= 11 is 0. The van der Waals surface area contributed by atoms with Crippen molar-refractivity contribution in [3.05, 3.63) is 29.1 Å². The average Bonchev–Trinajstić information content (AvgIpc) is 2.13. The van der Waals surface area contributed by atoms with Crippen molar-refractivity contribution in [2.24, 2.45) is 0 Å². The van der Waals surface area contributed by atoms with E-state index in [-0.39, 0.29) is 5.82 Å². The first-order valence-electron chi connectivity index (χ1n) is 4.55. The number of halogens is 1. The largest absolute Gasteiger partial charge is 0.493 e. The second-order valence-electron chi connectivity index (χ2n) is 3.17. The van der Waals surface area contributed by atoms with Gasteiger partial charge in [0.1, 0.15) is 11.6 Å². The van der Waals surface area contributed by atoms with E-state index in [0.717, 1.165) is 6.42 Å². The summed E-state index contributed by atoms with van der Waals surface area (Å²) in [5.74, 6) is 0.499. The lowest BCUT2D eigenvalue weighted by Gasteiger charge is -2.09. The van der Waals surface area contributed by atoms with Crippen molar-refractivity contribution in [3.8, 4) is 5.75 Å². The van der Waals surface area contributed by atoms with Crippen LogP contribution in [0.2, 0.25) is 0 Å². The lowest BCUT2D eigenvalue weighted by Crippen LogP contribution is -1.99. The molecule has 0 saturated heterocycles. The van der Waals surface area contributed by atoms with E-state index in [1.807, 2.05) is 13.0 Å². The summed E-state index contributed by atoms with van der Waals surface area (Å²) < 4.78 is 18.7. The summed E-state index contributed by atoms with van der Waals surface area (Å²) in [6.07, 6.45) is 0.939. The molecule has 1 nitrogen and oxygen atoms in total. The first-order valence-corrected chi connectivity index (χ1v) is 4.55. The van der Waals surface area contributed by atoms with E-state index in [4.69, 9.17) is 4.74 Å². The number of benzene rings is 1. The van der Waals surface area contributed by atoms with Gasteiger partial charge in [0.05, 0.1) is 6.61 Å². The van der Waals surface area contributed by atoms with Gasteiger partial charge in [-0.2, -0.15) is 0 Å². The van der Waals surface area contributed by atoms with Crippen molar-refractivity contribution in [2.45, 2.75) is 27.2 Å². The summed E-state index contributed by atoms with van der Waals surface area (Å²) in [5, 5.41) is 0. The van der Waals surface area contributed by atoms with Gasteiger partial charge in [0.15, 0.2) is 0 Å². The molecule has 0 bridgehead atoms. The Bertz CT molecular complexity index is 294. The molecule has 1 rings (SSSR count). The highest BCUT2D eigenvalue weighted by atomic mass is 19.1. The van der Waals surface area contributed by atoms with Gasteiger partial charge >= 0.3 is 0 Å². The first kappa shape index (κ1) is 10.0. The summed E-state index contributed by atoms with van der Waals surface area (Å²) in [6.45, 7) is 6.17. The lowest BCUT2D eigenvalue weighted by molar-refractivity contribution is 0.313. The Morgan fingerprint density at radius 2 is 2.00 bits per heavy atom. The third-order valence-electron chi connectivity index (χ3n) is 1.99. The highest BCUT2D eigenvalue weighted by Gasteiger charge is 2.06. The van der Waals surface area contributed by atoms with Gasteiger partial charge in [-0.05, 0) is 31.9 Å². The van der Waals surface area contributed by atoms with Crippen LogP contribution in [0.3, 0.4) is 0 Å². The summed E-state index contributed by atoms with van der Waals surface area (Å²) in [6, 6.07) is 3.57. The maximum absolute atomic E-state index is 13.3. The van der Waals surface area contributed by atoms with Crippen LogP contribution in [-0.2, 0) is 0 Å². The molecule has 1 aromatic rings. The molecule has 0 fully saturated rings. The molecule has 0 spiro atoms. The average molecular weight is 182 g/mol. The molecule has 0 aromatic heterocycles. The topological polar surface area (TPSA) is 9.23 Å². The van der Waals surface area contributed by atoms with Crippen LogP contribution in [0.1, 0.15) is 24.5 Å². The molecule has 1 aromatic carbocycles. The predicted molar refractivity (Wildman–Crippen MR) is 51.7 cm³/mol. The second-order valence-corrected chi connectivity index (χ2v) is 3.17. The molecule has 0 amide bonds. The molecule has 0 aliphatic rings. The standard InChI is InChI=1S/C11H15FO/c1-4-7-13-10-6-5-8(2)11(12)9(10)3/h5-6H,4,7H2,1-3H3. The van der Waals surface area contributed by atoms with Gasteiger partial charge in [0.25, 0.3) is 0 Å². The minimum Gasteiger partial charge on any atom is -0.493 e. The minimum atomic E-state index is -0.159. The van der Waals surface area contributed by atoms with E-state index in [2.05, 4.69) is 0 Å². The fraction of sp³-hybridized carbons (Fsp3) is 0.455. The molecule has 0 atom stereocenters. The zero-order valence-corrected chi connectivity index (χ0v) is 8.36. The van der Waals surface area contributed by atoms with Gasteiger partial charge in [-0.1, -0.05) is 13.0 Å². The van der Waals surface area contributed by atoms with Gasteiger partial charge < -0.3 is 4.74 Å². The first-order chi connectivity index (χ1) is 6.16. The van der Waals surface area contributed by atoms with Crippen LogP contribution >= 0.6 is 0 Å². The lowest BCUT2D eigenvalue weighted by atomic mass is 10.1. The van der Waals surface area contributed by atoms with Crippen LogP contribution in [-0.4, -0.2) is 6.61 Å². The molecular weight excluding hydrogens is 167 g/mol. The molecular formula is C11H15FO. The van der Waals surface area contributed by atoms with Crippen LogP contribution < -0.4 is 4.74 Å². The van der Waals surface area contributed by atoms with Crippen molar-refractivity contribution in [1.29, 1.82) is 0 Å². The van der Waals surface area contributed by atoms with Crippen LogP contribution in [0.4, 0.5) is 4.39 Å². The molecule has 0 unspecified atom stereocenters. The number of aryl methyl sites for hydroxylation is 1. The highest BCUT2D eigenvalue weighted by molar-refractivity contribution is 5.37. The molecule has 2 heteroatoms. The molecule has 13 heavy (non-hydrogen) atoms. The molecule has 0 N–H and O–H groups in total. The summed E-state index contributed by atoms with van der Waals surface area (Å²) in [5.41, 5.74) is 1.27. The molecule has 72 valence electrons. The molecule has 0 aliphatic carbocycles. The number of rotatable bonds is 3. The Kier molecular flexibility index (Phi) is 3.29. The van der Waals surface area contributed by atoms with Crippen molar-refractivity contribution in [3.63, 3.8) is 0 Å². The molecule has 0 aliphatic heterocycles. The van der Waals surface area contributed by atoms with Gasteiger partial charge in [-0.3, -0.25) is 0 Å². The Morgan fingerprint density at radius 3 is 2.62 bits per heavy atom. The number of hydrogen-bond donors (Lipinski definition) is 0. The van der Waals surface area contributed by atoms with Crippen LogP contribution in [0.15, 0.2) is 12.1 Å². The van der Waals surface area contributed by atoms with E-state index in [1.165, 1.54) is 0 Å². The SMILES string of the molecule is CCCOc1ccc(C)c(F)c1C. The highest BCUT2D eigenvalue weighted by Crippen LogP contribution is 2.22. The van der Waals surface area contributed by atoms with Crippen molar-refractivity contribution >= 4 is 0 Å². The van der Waals surface area contributed by atoms with Crippen LogP contribution in [0.25, 0.3) is 0 Å². The van der Waals surface area contributed by atoms with E-state index in [9.17, 15) is 4.39 Å². The Balaban J connectivity index is 2.90. The van der Waals surface area contributed by atoms with E-state index in [1.54, 1.807) is 19.9 Å².